The van der Waals surface area contributed by atoms with Gasteiger partial charge in [-0.1, -0.05) is 58.7 Å². The van der Waals surface area contributed by atoms with Crippen LogP contribution in [-0.4, -0.2) is 32.8 Å². The maximum absolute atomic E-state index is 14.6. The molecule has 3 heterocycles. The van der Waals surface area contributed by atoms with E-state index in [0.29, 0.717) is 16.5 Å². The maximum Gasteiger partial charge on any atom is 0.435 e. The van der Waals surface area contributed by atoms with E-state index in [0.717, 1.165) is 17.0 Å². The minimum atomic E-state index is -4.91. The molecule has 4 aromatic rings. The molecule has 2 aromatic heterocycles. The predicted octanol–water partition coefficient (Wildman–Crippen LogP) is 6.77. The summed E-state index contributed by atoms with van der Waals surface area (Å²) in [7, 11) is 0. The van der Waals surface area contributed by atoms with E-state index in [2.05, 4.69) is 15.1 Å². The van der Waals surface area contributed by atoms with E-state index in [1.54, 1.807) is 48.7 Å². The number of carbonyl (C=O) groups excluding carboxylic acids is 1. The van der Waals surface area contributed by atoms with Crippen LogP contribution >= 0.6 is 23.2 Å². The average molecular weight is 545 g/mol. The number of amidine groups is 1. The van der Waals surface area contributed by atoms with Crippen molar-refractivity contribution in [1.82, 2.24) is 14.9 Å². The number of fused-ring (bicyclic) bond motifs is 1. The molecule has 188 valence electrons. The van der Waals surface area contributed by atoms with Gasteiger partial charge < -0.3 is 4.84 Å². The Bertz CT molecular complexity index is 1490. The second kappa shape index (κ2) is 9.64. The molecule has 0 saturated heterocycles. The van der Waals surface area contributed by atoms with E-state index in [-0.39, 0.29) is 33.6 Å². The van der Waals surface area contributed by atoms with Gasteiger partial charge in [0.2, 0.25) is 0 Å². The lowest BCUT2D eigenvalue weighted by molar-refractivity contribution is -0.275. The molecule has 5 rings (SSSR count). The lowest BCUT2D eigenvalue weighted by Gasteiger charge is -2.30. The highest BCUT2D eigenvalue weighted by Gasteiger charge is 2.63. The van der Waals surface area contributed by atoms with Gasteiger partial charge in [0.25, 0.3) is 11.5 Å². The van der Waals surface area contributed by atoms with Crippen LogP contribution in [0.1, 0.15) is 28.0 Å². The second-order valence-corrected chi connectivity index (χ2v) is 9.25. The summed E-state index contributed by atoms with van der Waals surface area (Å²) >= 11 is 12.0. The summed E-state index contributed by atoms with van der Waals surface area (Å²) in [5.74, 6) is -0.823. The summed E-state index contributed by atoms with van der Waals surface area (Å²) in [6.07, 6.45) is -1.20. The highest BCUT2D eigenvalue weighted by molar-refractivity contribution is 6.34. The molecular formula is C26H17Cl2F3N4O2. The van der Waals surface area contributed by atoms with E-state index in [9.17, 15) is 18.0 Å². The van der Waals surface area contributed by atoms with Crippen LogP contribution in [0.3, 0.4) is 0 Å². The first-order valence-electron chi connectivity index (χ1n) is 11.0. The number of hydrogen-bond donors (Lipinski definition) is 0. The van der Waals surface area contributed by atoms with E-state index in [4.69, 9.17) is 28.0 Å². The average Bonchev–Trinajstić information content (AvgIpc) is 3.34. The zero-order valence-corrected chi connectivity index (χ0v) is 20.4. The number of halogens is 5. The molecule has 1 amide bonds. The van der Waals surface area contributed by atoms with Crippen LogP contribution in [0, 0.1) is 0 Å². The summed E-state index contributed by atoms with van der Waals surface area (Å²) in [6.45, 7) is -0.144. The molecule has 37 heavy (non-hydrogen) atoms. The Morgan fingerprint density at radius 3 is 2.46 bits per heavy atom. The van der Waals surface area contributed by atoms with Crippen LogP contribution < -0.4 is 0 Å². The number of nitrogens with zero attached hydrogens (tertiary/aromatic N) is 4. The third kappa shape index (κ3) is 4.72. The molecule has 0 aliphatic carbocycles. The SMILES string of the molecule is O=C(c1cncc2ccccc12)N(Cc1ccccn1)C1=NOC(c2cc(Cl)cc(Cl)c2)(C(F)(F)F)C1. The fourth-order valence-electron chi connectivity index (χ4n) is 4.19. The zero-order chi connectivity index (χ0) is 26.2. The van der Waals surface area contributed by atoms with Gasteiger partial charge in [0.1, 0.15) is 0 Å². The van der Waals surface area contributed by atoms with Crippen molar-refractivity contribution in [3.05, 3.63) is 106 Å². The normalized spacial score (nSPS) is 17.4. The minimum Gasteiger partial charge on any atom is -0.372 e. The number of benzene rings is 2. The van der Waals surface area contributed by atoms with Crippen molar-refractivity contribution in [1.29, 1.82) is 0 Å². The molecule has 1 unspecified atom stereocenters. The summed E-state index contributed by atoms with van der Waals surface area (Å²) in [4.78, 5) is 28.5. The predicted molar refractivity (Wildman–Crippen MR) is 133 cm³/mol. The van der Waals surface area contributed by atoms with Gasteiger partial charge in [-0.25, -0.2) is 0 Å². The highest BCUT2D eigenvalue weighted by Crippen LogP contribution is 2.49. The molecule has 0 spiro atoms. The van der Waals surface area contributed by atoms with Gasteiger partial charge in [-0.15, -0.1) is 0 Å². The number of aromatic nitrogens is 2. The number of carbonyl (C=O) groups is 1. The Morgan fingerprint density at radius 1 is 1.03 bits per heavy atom. The first kappa shape index (κ1) is 25.0. The van der Waals surface area contributed by atoms with E-state index >= 15 is 0 Å². The van der Waals surface area contributed by atoms with Crippen molar-refractivity contribution in [3.63, 3.8) is 0 Å². The number of hydrogen-bond acceptors (Lipinski definition) is 5. The first-order chi connectivity index (χ1) is 17.7. The third-order valence-electron chi connectivity index (χ3n) is 6.00. The Labute approximate surface area is 219 Å². The Balaban J connectivity index is 1.59. The highest BCUT2D eigenvalue weighted by atomic mass is 35.5. The van der Waals surface area contributed by atoms with Gasteiger partial charge in [-0.2, -0.15) is 13.2 Å². The fourth-order valence-corrected chi connectivity index (χ4v) is 4.71. The van der Waals surface area contributed by atoms with Crippen LogP contribution in [0.4, 0.5) is 13.2 Å². The lowest BCUT2D eigenvalue weighted by atomic mass is 9.89. The van der Waals surface area contributed by atoms with Crippen LogP contribution in [0.25, 0.3) is 10.8 Å². The topological polar surface area (TPSA) is 67.7 Å². The van der Waals surface area contributed by atoms with Crippen molar-refractivity contribution in [2.75, 3.05) is 0 Å². The zero-order valence-electron chi connectivity index (χ0n) is 18.9. The summed E-state index contributed by atoms with van der Waals surface area (Å²) in [5, 5.41) is 5.09. The van der Waals surface area contributed by atoms with Crippen molar-refractivity contribution in [2.45, 2.75) is 24.7 Å². The van der Waals surface area contributed by atoms with E-state index < -0.39 is 24.1 Å². The first-order valence-corrected chi connectivity index (χ1v) is 11.8. The molecule has 1 atom stereocenters. The molecule has 0 radical (unpaired) electrons. The quantitative estimate of drug-likeness (QED) is 0.284. The lowest BCUT2D eigenvalue weighted by Crippen LogP contribution is -2.45. The minimum absolute atomic E-state index is 0.00595. The molecule has 0 bridgehead atoms. The molecule has 2 aromatic carbocycles. The van der Waals surface area contributed by atoms with Crippen molar-refractivity contribution >= 4 is 45.7 Å². The standard InChI is InChI=1S/C26H17Cl2F3N4O2/c27-18-9-17(10-19(28)11-18)25(26(29,30)31)12-23(34-37-25)35(15-20-6-3-4-8-33-20)24(36)22-14-32-13-16-5-1-2-7-21(16)22/h1-11,13-14H,12,15H2. The van der Waals surface area contributed by atoms with Crippen LogP contribution in [0.5, 0.6) is 0 Å². The summed E-state index contributed by atoms with van der Waals surface area (Å²) in [5.41, 5.74) is -2.57. The monoisotopic (exact) mass is 544 g/mol. The molecular weight excluding hydrogens is 528 g/mol. The number of oxime groups is 1. The summed E-state index contributed by atoms with van der Waals surface area (Å²) in [6, 6.07) is 15.7. The Kier molecular flexibility index (Phi) is 6.51. The largest absolute Gasteiger partial charge is 0.435 e. The molecule has 1 aliphatic rings. The van der Waals surface area contributed by atoms with Gasteiger partial charge in [0.15, 0.2) is 5.84 Å². The molecule has 0 fully saturated rings. The van der Waals surface area contributed by atoms with Gasteiger partial charge in [0.05, 0.1) is 24.2 Å². The molecule has 0 N–H and O–H groups in total. The molecule has 0 saturated carbocycles. The molecule has 11 heteroatoms. The van der Waals surface area contributed by atoms with Gasteiger partial charge >= 0.3 is 6.18 Å². The number of amides is 1. The van der Waals surface area contributed by atoms with Crippen LogP contribution in [0.15, 0.2) is 84.4 Å². The Morgan fingerprint density at radius 2 is 1.76 bits per heavy atom. The summed E-state index contributed by atoms with van der Waals surface area (Å²) < 4.78 is 43.7. The van der Waals surface area contributed by atoms with Gasteiger partial charge in [0, 0.05) is 39.6 Å². The maximum atomic E-state index is 14.6. The van der Waals surface area contributed by atoms with Crippen molar-refractivity contribution in [3.8, 4) is 0 Å². The Hall–Kier alpha value is -3.69. The van der Waals surface area contributed by atoms with E-state index in [1.165, 1.54) is 18.5 Å². The second-order valence-electron chi connectivity index (χ2n) is 8.38. The van der Waals surface area contributed by atoms with Crippen LogP contribution in [0.2, 0.25) is 10.0 Å². The third-order valence-corrected chi connectivity index (χ3v) is 6.44. The van der Waals surface area contributed by atoms with E-state index in [1.807, 2.05) is 0 Å². The molecule has 6 nitrogen and oxygen atoms in total. The van der Waals surface area contributed by atoms with Crippen molar-refractivity contribution < 1.29 is 22.8 Å². The smallest absolute Gasteiger partial charge is 0.372 e. The number of pyridine rings is 2. The van der Waals surface area contributed by atoms with Crippen LogP contribution in [-0.2, 0) is 17.0 Å². The molecule has 1 aliphatic heterocycles. The number of rotatable bonds is 4. The van der Waals surface area contributed by atoms with Gasteiger partial charge in [-0.3, -0.25) is 19.7 Å². The van der Waals surface area contributed by atoms with Gasteiger partial charge in [-0.05, 0) is 35.7 Å². The fraction of sp³-hybridized carbons (Fsp3) is 0.154. The number of alkyl halides is 3. The van der Waals surface area contributed by atoms with Crippen molar-refractivity contribution in [2.24, 2.45) is 5.16 Å².